The van der Waals surface area contributed by atoms with Crippen molar-refractivity contribution in [1.82, 2.24) is 10.1 Å². The maximum absolute atomic E-state index is 12.8. The maximum Gasteiger partial charge on any atom is 0.326 e. The van der Waals surface area contributed by atoms with Crippen LogP contribution in [0.25, 0.3) is 0 Å². The van der Waals surface area contributed by atoms with Crippen molar-refractivity contribution in [3.05, 3.63) is 17.5 Å². The predicted molar refractivity (Wildman–Crippen MR) is 76.4 cm³/mol. The number of carboxylic acids is 1. The summed E-state index contributed by atoms with van der Waals surface area (Å²) >= 11 is 0. The summed E-state index contributed by atoms with van der Waals surface area (Å²) in [7, 11) is 0. The molecular weight excluding hydrogens is 284 g/mol. The van der Waals surface area contributed by atoms with Gasteiger partial charge in [0.2, 0.25) is 0 Å². The van der Waals surface area contributed by atoms with E-state index in [1.165, 1.54) is 0 Å². The van der Waals surface area contributed by atoms with E-state index in [1.807, 2.05) is 0 Å². The van der Waals surface area contributed by atoms with E-state index >= 15 is 0 Å². The molecular formula is C16H20N2O4. The van der Waals surface area contributed by atoms with E-state index in [2.05, 4.69) is 5.16 Å². The maximum atomic E-state index is 12.8. The number of aliphatic carboxylic acids is 1. The summed E-state index contributed by atoms with van der Waals surface area (Å²) in [5.41, 5.74) is 0.263. The highest BCUT2D eigenvalue weighted by Crippen LogP contribution is 2.42. The zero-order valence-electron chi connectivity index (χ0n) is 12.4. The van der Waals surface area contributed by atoms with E-state index in [1.54, 1.807) is 11.0 Å². The van der Waals surface area contributed by atoms with Crippen molar-refractivity contribution in [2.24, 2.45) is 5.92 Å². The smallest absolute Gasteiger partial charge is 0.326 e. The molecule has 3 atom stereocenters. The van der Waals surface area contributed by atoms with Crippen LogP contribution in [0.4, 0.5) is 0 Å². The highest BCUT2D eigenvalue weighted by Gasteiger charge is 2.48. The Kier molecular flexibility index (Phi) is 3.20. The second-order valence-electron chi connectivity index (χ2n) is 6.80. The number of nitrogens with zero attached hydrogens (tertiary/aromatic N) is 2. The molecule has 118 valence electrons. The largest absolute Gasteiger partial charge is 0.480 e. The number of carboxylic acid groups (broad SMARTS) is 1. The van der Waals surface area contributed by atoms with Crippen LogP contribution in [-0.2, 0) is 4.79 Å². The van der Waals surface area contributed by atoms with Crippen LogP contribution in [0.5, 0.6) is 0 Å². The molecule has 0 aromatic carbocycles. The van der Waals surface area contributed by atoms with E-state index in [9.17, 15) is 14.7 Å². The number of rotatable bonds is 3. The van der Waals surface area contributed by atoms with Gasteiger partial charge in [0.15, 0.2) is 5.69 Å². The van der Waals surface area contributed by atoms with E-state index in [4.69, 9.17) is 4.52 Å². The van der Waals surface area contributed by atoms with Crippen molar-refractivity contribution in [3.63, 3.8) is 0 Å². The molecule has 1 aromatic rings. The number of likely N-dealkylation sites (tertiary alicyclic amines) is 1. The third kappa shape index (κ3) is 2.21. The highest BCUT2D eigenvalue weighted by atomic mass is 16.5. The van der Waals surface area contributed by atoms with Crippen LogP contribution in [0.1, 0.15) is 67.1 Å². The average Bonchev–Trinajstić information content (AvgIpc) is 3.12. The first-order chi connectivity index (χ1) is 10.6. The molecule has 6 heteroatoms. The van der Waals surface area contributed by atoms with Gasteiger partial charge in [0.25, 0.3) is 5.91 Å². The Bertz CT molecular complexity index is 607. The van der Waals surface area contributed by atoms with Gasteiger partial charge in [0.1, 0.15) is 11.8 Å². The molecule has 3 aliphatic rings. The fraction of sp³-hybridized carbons (Fsp3) is 0.688. The Morgan fingerprint density at radius 2 is 2.00 bits per heavy atom. The Morgan fingerprint density at radius 1 is 1.23 bits per heavy atom. The Morgan fingerprint density at radius 3 is 2.73 bits per heavy atom. The SMILES string of the molecule is O=C(O)[C@@H]1C[C@@H]2CCCC[C@H]2N1C(=O)c1cc(C2CC2)on1. The monoisotopic (exact) mass is 304 g/mol. The first kappa shape index (κ1) is 13.8. The summed E-state index contributed by atoms with van der Waals surface area (Å²) in [5, 5.41) is 13.4. The van der Waals surface area contributed by atoms with Gasteiger partial charge in [-0.1, -0.05) is 18.0 Å². The third-order valence-corrected chi connectivity index (χ3v) is 5.33. The van der Waals surface area contributed by atoms with Crippen LogP contribution < -0.4 is 0 Å². The number of carbonyl (C=O) groups is 2. The van der Waals surface area contributed by atoms with Gasteiger partial charge in [0, 0.05) is 18.0 Å². The summed E-state index contributed by atoms with van der Waals surface area (Å²) in [4.78, 5) is 26.0. The van der Waals surface area contributed by atoms with E-state index in [-0.39, 0.29) is 17.6 Å². The molecule has 4 rings (SSSR count). The quantitative estimate of drug-likeness (QED) is 0.927. The molecule has 1 N–H and O–H groups in total. The number of aromatic nitrogens is 1. The van der Waals surface area contributed by atoms with Crippen LogP contribution in [0.2, 0.25) is 0 Å². The van der Waals surface area contributed by atoms with Crippen LogP contribution in [0.15, 0.2) is 10.6 Å². The summed E-state index contributed by atoms with van der Waals surface area (Å²) in [6.07, 6.45) is 6.83. The number of hydrogen-bond acceptors (Lipinski definition) is 4. The molecule has 1 aliphatic heterocycles. The molecule has 1 aromatic heterocycles. The van der Waals surface area contributed by atoms with Crippen molar-refractivity contribution in [3.8, 4) is 0 Å². The molecule has 3 fully saturated rings. The molecule has 0 bridgehead atoms. The highest BCUT2D eigenvalue weighted by molar-refractivity contribution is 5.95. The summed E-state index contributed by atoms with van der Waals surface area (Å²) in [6, 6.07) is 1.03. The molecule has 1 amide bonds. The van der Waals surface area contributed by atoms with Gasteiger partial charge in [-0.3, -0.25) is 4.79 Å². The number of amides is 1. The van der Waals surface area contributed by atoms with Crippen molar-refractivity contribution in [2.45, 2.75) is 62.9 Å². The fourth-order valence-electron chi connectivity index (χ4n) is 4.06. The third-order valence-electron chi connectivity index (χ3n) is 5.33. The van der Waals surface area contributed by atoms with Gasteiger partial charge < -0.3 is 14.5 Å². The Labute approximate surface area is 128 Å². The second kappa shape index (κ2) is 5.11. The molecule has 0 radical (unpaired) electrons. The predicted octanol–water partition coefficient (Wildman–Crippen LogP) is 2.41. The summed E-state index contributed by atoms with van der Waals surface area (Å²) in [5.74, 6) is 0.277. The van der Waals surface area contributed by atoms with Crippen molar-refractivity contribution < 1.29 is 19.2 Å². The number of carbonyl (C=O) groups excluding carboxylic acids is 1. The number of fused-ring (bicyclic) bond motifs is 1. The van der Waals surface area contributed by atoms with Crippen molar-refractivity contribution >= 4 is 11.9 Å². The van der Waals surface area contributed by atoms with Crippen molar-refractivity contribution in [2.75, 3.05) is 0 Å². The number of hydrogen-bond donors (Lipinski definition) is 1. The normalized spacial score (nSPS) is 31.1. The minimum absolute atomic E-state index is 0.0448. The fourth-order valence-corrected chi connectivity index (χ4v) is 4.06. The van der Waals surface area contributed by atoms with E-state index in [0.29, 0.717) is 18.3 Å². The second-order valence-corrected chi connectivity index (χ2v) is 6.80. The Balaban J connectivity index is 1.61. The van der Waals surface area contributed by atoms with Gasteiger partial charge in [-0.25, -0.2) is 4.79 Å². The lowest BCUT2D eigenvalue weighted by Gasteiger charge is -2.32. The topological polar surface area (TPSA) is 83.6 Å². The standard InChI is InChI=1S/C16H20N2O4/c19-15(11-8-14(22-17-11)9-5-6-9)18-12-4-2-1-3-10(12)7-13(18)16(20)21/h8-10,12-13H,1-7H2,(H,20,21)/t10-,12+,13-/m0/s1. The van der Waals surface area contributed by atoms with Crippen LogP contribution >= 0.6 is 0 Å². The molecule has 0 spiro atoms. The van der Waals surface area contributed by atoms with Crippen LogP contribution in [0, 0.1) is 5.92 Å². The molecule has 0 unspecified atom stereocenters. The first-order valence-corrected chi connectivity index (χ1v) is 8.17. The van der Waals surface area contributed by atoms with Crippen LogP contribution in [0.3, 0.4) is 0 Å². The van der Waals surface area contributed by atoms with Gasteiger partial charge >= 0.3 is 5.97 Å². The Hall–Kier alpha value is -1.85. The first-order valence-electron chi connectivity index (χ1n) is 8.17. The molecule has 2 saturated carbocycles. The summed E-state index contributed by atoms with van der Waals surface area (Å²) in [6.45, 7) is 0. The lowest BCUT2D eigenvalue weighted by molar-refractivity contribution is -0.141. The van der Waals surface area contributed by atoms with Gasteiger partial charge in [-0.05, 0) is 38.0 Å². The molecule has 22 heavy (non-hydrogen) atoms. The van der Waals surface area contributed by atoms with Crippen molar-refractivity contribution in [1.29, 1.82) is 0 Å². The van der Waals surface area contributed by atoms with Crippen LogP contribution in [-0.4, -0.2) is 39.1 Å². The molecule has 2 heterocycles. The van der Waals surface area contributed by atoms with Gasteiger partial charge in [-0.2, -0.15) is 0 Å². The molecule has 2 aliphatic carbocycles. The lowest BCUT2D eigenvalue weighted by Crippen LogP contribution is -2.46. The minimum Gasteiger partial charge on any atom is -0.480 e. The molecule has 6 nitrogen and oxygen atoms in total. The zero-order chi connectivity index (χ0) is 15.3. The van der Waals surface area contributed by atoms with E-state index in [0.717, 1.165) is 44.3 Å². The summed E-state index contributed by atoms with van der Waals surface area (Å²) < 4.78 is 5.26. The zero-order valence-corrected chi connectivity index (χ0v) is 12.4. The van der Waals surface area contributed by atoms with Gasteiger partial charge in [-0.15, -0.1) is 0 Å². The van der Waals surface area contributed by atoms with Gasteiger partial charge in [0.05, 0.1) is 0 Å². The lowest BCUT2D eigenvalue weighted by atomic mass is 9.84. The average molecular weight is 304 g/mol. The molecule has 1 saturated heterocycles. The van der Waals surface area contributed by atoms with E-state index < -0.39 is 12.0 Å². The minimum atomic E-state index is -0.909.